The van der Waals surface area contributed by atoms with E-state index < -0.39 is 6.23 Å². The number of rotatable bonds is 3. The Labute approximate surface area is 82.4 Å². The van der Waals surface area contributed by atoms with Crippen LogP contribution in [0.5, 0.6) is 0 Å². The minimum absolute atomic E-state index is 0.159. The largest absolute Gasteiger partial charge is 0.396 e. The fourth-order valence-corrected chi connectivity index (χ4v) is 1.72. The normalized spacial score (nSPS) is 20.9. The summed E-state index contributed by atoms with van der Waals surface area (Å²) in [5.41, 5.74) is 0. The van der Waals surface area contributed by atoms with E-state index in [0.29, 0.717) is 12.8 Å². The highest BCUT2D eigenvalue weighted by Gasteiger charge is 2.20. The van der Waals surface area contributed by atoms with E-state index in [4.69, 9.17) is 5.11 Å². The lowest BCUT2D eigenvalue weighted by molar-refractivity contribution is 0.0643. The van der Waals surface area contributed by atoms with E-state index in [1.54, 1.807) is 4.68 Å². The van der Waals surface area contributed by atoms with Gasteiger partial charge in [0.1, 0.15) is 12.1 Å². The number of aromatic nitrogens is 3. The molecule has 14 heavy (non-hydrogen) atoms. The standard InChI is InChI=1S/C9H15N3O2/c13-6-2-3-7-10-8-4-1-5-9(14)12(8)11-7/h9,13-14H,1-6H2. The van der Waals surface area contributed by atoms with Crippen LogP contribution in [-0.2, 0) is 12.8 Å². The van der Waals surface area contributed by atoms with Crippen LogP contribution < -0.4 is 0 Å². The predicted octanol–water partition coefficient (Wildman–Crippen LogP) is 0.0302. The van der Waals surface area contributed by atoms with Crippen molar-refractivity contribution in [2.45, 2.75) is 38.3 Å². The van der Waals surface area contributed by atoms with Gasteiger partial charge in [-0.05, 0) is 19.3 Å². The molecule has 5 nitrogen and oxygen atoms in total. The first-order valence-corrected chi connectivity index (χ1v) is 5.04. The summed E-state index contributed by atoms with van der Waals surface area (Å²) < 4.78 is 1.61. The summed E-state index contributed by atoms with van der Waals surface area (Å²) in [7, 11) is 0. The summed E-state index contributed by atoms with van der Waals surface area (Å²) in [5, 5.41) is 22.5. The maximum Gasteiger partial charge on any atom is 0.151 e. The number of aryl methyl sites for hydroxylation is 2. The average Bonchev–Trinajstić information content (AvgIpc) is 2.59. The third-order valence-electron chi connectivity index (χ3n) is 2.45. The zero-order valence-electron chi connectivity index (χ0n) is 8.06. The maximum atomic E-state index is 9.61. The molecule has 1 unspecified atom stereocenters. The summed E-state index contributed by atoms with van der Waals surface area (Å²) in [6.45, 7) is 0.159. The molecule has 2 heterocycles. The molecule has 5 heteroatoms. The van der Waals surface area contributed by atoms with E-state index in [-0.39, 0.29) is 6.61 Å². The van der Waals surface area contributed by atoms with Crippen molar-refractivity contribution in [1.82, 2.24) is 14.8 Å². The third kappa shape index (κ3) is 1.78. The van der Waals surface area contributed by atoms with Crippen molar-refractivity contribution in [3.05, 3.63) is 11.6 Å². The van der Waals surface area contributed by atoms with Crippen molar-refractivity contribution in [2.75, 3.05) is 6.61 Å². The van der Waals surface area contributed by atoms with Gasteiger partial charge in [-0.2, -0.15) is 5.10 Å². The molecule has 78 valence electrons. The van der Waals surface area contributed by atoms with Gasteiger partial charge in [0.25, 0.3) is 0 Å². The van der Waals surface area contributed by atoms with E-state index >= 15 is 0 Å². The van der Waals surface area contributed by atoms with Crippen LogP contribution in [0.2, 0.25) is 0 Å². The van der Waals surface area contributed by atoms with Gasteiger partial charge >= 0.3 is 0 Å². The summed E-state index contributed by atoms with van der Waals surface area (Å²) in [6.07, 6.45) is 3.48. The Hall–Kier alpha value is -0.940. The molecule has 1 atom stereocenters. The summed E-state index contributed by atoms with van der Waals surface area (Å²) in [5.74, 6) is 1.60. The first-order chi connectivity index (χ1) is 6.81. The highest BCUT2D eigenvalue weighted by atomic mass is 16.3. The monoisotopic (exact) mass is 197 g/mol. The van der Waals surface area contributed by atoms with Crippen molar-refractivity contribution < 1.29 is 10.2 Å². The van der Waals surface area contributed by atoms with Crippen LogP contribution in [0, 0.1) is 0 Å². The quantitative estimate of drug-likeness (QED) is 0.717. The van der Waals surface area contributed by atoms with Crippen molar-refractivity contribution in [1.29, 1.82) is 0 Å². The van der Waals surface area contributed by atoms with Crippen LogP contribution in [0.25, 0.3) is 0 Å². The number of aliphatic hydroxyl groups excluding tert-OH is 2. The molecule has 1 aromatic rings. The van der Waals surface area contributed by atoms with Crippen LogP contribution in [0.4, 0.5) is 0 Å². The summed E-state index contributed by atoms with van der Waals surface area (Å²) in [4.78, 5) is 4.32. The van der Waals surface area contributed by atoms with Gasteiger partial charge in [-0.1, -0.05) is 0 Å². The molecular formula is C9H15N3O2. The molecular weight excluding hydrogens is 182 g/mol. The predicted molar refractivity (Wildman–Crippen MR) is 49.6 cm³/mol. The highest BCUT2D eigenvalue weighted by Crippen LogP contribution is 2.20. The van der Waals surface area contributed by atoms with Gasteiger partial charge in [0.05, 0.1) is 0 Å². The van der Waals surface area contributed by atoms with E-state index in [0.717, 1.165) is 30.9 Å². The maximum absolute atomic E-state index is 9.61. The lowest BCUT2D eigenvalue weighted by atomic mass is 10.1. The van der Waals surface area contributed by atoms with Crippen LogP contribution >= 0.6 is 0 Å². The van der Waals surface area contributed by atoms with Gasteiger partial charge in [0.15, 0.2) is 5.82 Å². The van der Waals surface area contributed by atoms with Crippen LogP contribution in [-0.4, -0.2) is 31.6 Å². The van der Waals surface area contributed by atoms with Gasteiger partial charge in [-0.15, -0.1) is 0 Å². The molecule has 0 fully saturated rings. The van der Waals surface area contributed by atoms with E-state index in [1.165, 1.54) is 0 Å². The van der Waals surface area contributed by atoms with Gasteiger partial charge in [-0.3, -0.25) is 0 Å². The zero-order valence-corrected chi connectivity index (χ0v) is 8.06. The fourth-order valence-electron chi connectivity index (χ4n) is 1.72. The molecule has 0 spiro atoms. The zero-order chi connectivity index (χ0) is 9.97. The summed E-state index contributed by atoms with van der Waals surface area (Å²) >= 11 is 0. The first-order valence-electron chi connectivity index (χ1n) is 5.04. The minimum atomic E-state index is -0.505. The molecule has 1 aliphatic heterocycles. The number of hydrogen-bond donors (Lipinski definition) is 2. The van der Waals surface area contributed by atoms with Crippen molar-refractivity contribution in [3.63, 3.8) is 0 Å². The Morgan fingerprint density at radius 2 is 2.36 bits per heavy atom. The molecule has 0 saturated heterocycles. The molecule has 0 amide bonds. The fraction of sp³-hybridized carbons (Fsp3) is 0.778. The molecule has 0 aromatic carbocycles. The lowest BCUT2D eigenvalue weighted by Gasteiger charge is -2.17. The Balaban J connectivity index is 2.13. The van der Waals surface area contributed by atoms with Crippen molar-refractivity contribution >= 4 is 0 Å². The molecule has 2 N–H and O–H groups in total. The molecule has 1 aliphatic rings. The Bertz CT molecular complexity index is 311. The average molecular weight is 197 g/mol. The summed E-state index contributed by atoms with van der Waals surface area (Å²) in [6, 6.07) is 0. The van der Waals surface area contributed by atoms with Gasteiger partial charge in [0, 0.05) is 19.4 Å². The van der Waals surface area contributed by atoms with Crippen LogP contribution in [0.1, 0.15) is 37.1 Å². The molecule has 2 rings (SSSR count). The first kappa shape index (κ1) is 9.61. The van der Waals surface area contributed by atoms with Crippen molar-refractivity contribution in [3.8, 4) is 0 Å². The van der Waals surface area contributed by atoms with Gasteiger partial charge in [-0.25, -0.2) is 9.67 Å². The SMILES string of the molecule is OCCCc1nc2n(n1)C(O)CCC2. The number of aliphatic hydroxyl groups is 2. The van der Waals surface area contributed by atoms with E-state index in [2.05, 4.69) is 10.1 Å². The second kappa shape index (κ2) is 4.06. The van der Waals surface area contributed by atoms with E-state index in [9.17, 15) is 5.11 Å². The smallest absolute Gasteiger partial charge is 0.151 e. The molecule has 1 aromatic heterocycles. The number of nitrogens with zero attached hydrogens (tertiary/aromatic N) is 3. The number of hydrogen-bond acceptors (Lipinski definition) is 4. The van der Waals surface area contributed by atoms with Crippen LogP contribution in [0.3, 0.4) is 0 Å². The Morgan fingerprint density at radius 1 is 1.50 bits per heavy atom. The van der Waals surface area contributed by atoms with Gasteiger partial charge < -0.3 is 10.2 Å². The van der Waals surface area contributed by atoms with Gasteiger partial charge in [0.2, 0.25) is 0 Å². The van der Waals surface area contributed by atoms with Crippen LogP contribution in [0.15, 0.2) is 0 Å². The van der Waals surface area contributed by atoms with E-state index in [1.807, 2.05) is 0 Å². The molecule has 0 aliphatic carbocycles. The topological polar surface area (TPSA) is 71.2 Å². The Kier molecular flexibility index (Phi) is 2.79. The molecule has 0 radical (unpaired) electrons. The molecule has 0 bridgehead atoms. The number of fused-ring (bicyclic) bond motifs is 1. The third-order valence-corrected chi connectivity index (χ3v) is 2.45. The molecule has 0 saturated carbocycles. The lowest BCUT2D eigenvalue weighted by Crippen LogP contribution is -2.18. The second-order valence-electron chi connectivity index (χ2n) is 3.59. The minimum Gasteiger partial charge on any atom is -0.396 e. The highest BCUT2D eigenvalue weighted by molar-refractivity contribution is 4.97. The Morgan fingerprint density at radius 3 is 3.07 bits per heavy atom. The second-order valence-corrected chi connectivity index (χ2v) is 3.59. The van der Waals surface area contributed by atoms with Crippen molar-refractivity contribution in [2.24, 2.45) is 0 Å².